The summed E-state index contributed by atoms with van der Waals surface area (Å²) in [5, 5.41) is 0. The molecule has 0 aliphatic carbocycles. The van der Waals surface area contributed by atoms with E-state index in [2.05, 4.69) is 4.99 Å². The minimum absolute atomic E-state index is 0.250. The Balaban J connectivity index is 1.78. The molecule has 0 unspecified atom stereocenters. The van der Waals surface area contributed by atoms with Crippen molar-refractivity contribution in [3.63, 3.8) is 0 Å². The van der Waals surface area contributed by atoms with E-state index in [1.165, 1.54) is 17.0 Å². The normalized spacial score (nSPS) is 15.5. The maximum Gasteiger partial charge on any atom is 0.263 e. The van der Waals surface area contributed by atoms with Crippen LogP contribution in [0.15, 0.2) is 23.2 Å². The minimum atomic E-state index is -3.98. The number of rotatable bonds is 8. The van der Waals surface area contributed by atoms with Crippen LogP contribution < -0.4 is 4.80 Å². The largest absolute Gasteiger partial charge is 0.380 e. The minimum Gasteiger partial charge on any atom is -0.380 e. The molecular weight excluding hydrogens is 449 g/mol. The maximum absolute atomic E-state index is 13.6. The van der Waals surface area contributed by atoms with Crippen LogP contribution in [0.5, 0.6) is 0 Å². The van der Waals surface area contributed by atoms with E-state index in [1.54, 1.807) is 10.6 Å². The Kier molecular flexibility index (Phi) is 7.92. The van der Waals surface area contributed by atoms with Crippen LogP contribution >= 0.6 is 11.3 Å². The van der Waals surface area contributed by atoms with Gasteiger partial charge in [0.2, 0.25) is 5.91 Å². The maximum atomic E-state index is 13.6. The summed E-state index contributed by atoms with van der Waals surface area (Å²) in [5.41, 5.74) is 0.669. The number of benzene rings is 1. The molecule has 2 heterocycles. The molecule has 1 saturated heterocycles. The van der Waals surface area contributed by atoms with E-state index in [9.17, 15) is 22.4 Å². The van der Waals surface area contributed by atoms with Crippen LogP contribution in [0.1, 0.15) is 6.92 Å². The van der Waals surface area contributed by atoms with Crippen LogP contribution in [0, 0.1) is 5.82 Å². The first kappa shape index (κ1) is 23.5. The Morgan fingerprint density at radius 1 is 1.26 bits per heavy atom. The molecule has 0 atom stereocenters. The van der Waals surface area contributed by atoms with Crippen LogP contribution in [0.2, 0.25) is 0 Å². The highest BCUT2D eigenvalue weighted by Gasteiger charge is 2.25. The molecule has 0 spiro atoms. The molecule has 1 aliphatic rings. The van der Waals surface area contributed by atoms with Crippen LogP contribution in [0.3, 0.4) is 0 Å². The summed E-state index contributed by atoms with van der Waals surface area (Å²) in [6, 6.07) is 4.21. The SMILES string of the molecule is CCOCCn1c(=NC(=O)CS(=O)(=O)CC(=O)N2CCOCC2)sc2cc(F)ccc21. The Morgan fingerprint density at radius 3 is 2.71 bits per heavy atom. The van der Waals surface area contributed by atoms with Gasteiger partial charge in [0.1, 0.15) is 17.3 Å². The van der Waals surface area contributed by atoms with Crippen molar-refractivity contribution in [1.82, 2.24) is 9.47 Å². The van der Waals surface area contributed by atoms with Gasteiger partial charge in [-0.25, -0.2) is 12.8 Å². The third kappa shape index (κ3) is 6.42. The average Bonchev–Trinajstić information content (AvgIpc) is 3.03. The molecule has 0 radical (unpaired) electrons. The number of ether oxygens (including phenoxy) is 2. The smallest absolute Gasteiger partial charge is 0.263 e. The number of carbonyl (C=O) groups is 2. The third-order valence-electron chi connectivity index (χ3n) is 4.58. The quantitative estimate of drug-likeness (QED) is 0.519. The van der Waals surface area contributed by atoms with Crippen molar-refractivity contribution in [3.8, 4) is 0 Å². The molecular formula is C19H24FN3O6S2. The highest BCUT2D eigenvalue weighted by atomic mass is 32.2. The Bertz CT molecular complexity index is 1120. The predicted molar refractivity (Wildman–Crippen MR) is 113 cm³/mol. The zero-order valence-electron chi connectivity index (χ0n) is 17.1. The second-order valence-electron chi connectivity index (χ2n) is 6.88. The molecule has 1 aliphatic heterocycles. The van der Waals surface area contributed by atoms with Gasteiger partial charge in [-0.2, -0.15) is 4.99 Å². The highest BCUT2D eigenvalue weighted by molar-refractivity contribution is 7.92. The second kappa shape index (κ2) is 10.4. The number of hydrogen-bond donors (Lipinski definition) is 0. The number of amides is 2. The Labute approximate surface area is 183 Å². The fourth-order valence-corrected chi connectivity index (χ4v) is 5.32. The van der Waals surface area contributed by atoms with Crippen molar-refractivity contribution in [2.24, 2.45) is 4.99 Å². The van der Waals surface area contributed by atoms with E-state index >= 15 is 0 Å². The number of hydrogen-bond acceptors (Lipinski definition) is 7. The zero-order chi connectivity index (χ0) is 22.4. The van der Waals surface area contributed by atoms with Crippen molar-refractivity contribution in [1.29, 1.82) is 0 Å². The van der Waals surface area contributed by atoms with Gasteiger partial charge in [-0.3, -0.25) is 9.59 Å². The van der Waals surface area contributed by atoms with E-state index in [1.807, 2.05) is 6.92 Å². The molecule has 1 aromatic carbocycles. The van der Waals surface area contributed by atoms with E-state index in [0.29, 0.717) is 56.3 Å². The van der Waals surface area contributed by atoms with Crippen LogP contribution in [0.25, 0.3) is 10.2 Å². The number of nitrogens with zero attached hydrogens (tertiary/aromatic N) is 3. The summed E-state index contributed by atoms with van der Waals surface area (Å²) >= 11 is 1.08. The van der Waals surface area contributed by atoms with Gasteiger partial charge >= 0.3 is 0 Å². The Morgan fingerprint density at radius 2 is 2.00 bits per heavy atom. The topological polar surface area (TPSA) is 107 Å². The van der Waals surface area contributed by atoms with Gasteiger partial charge in [-0.05, 0) is 25.1 Å². The van der Waals surface area contributed by atoms with Crippen molar-refractivity contribution in [2.45, 2.75) is 13.5 Å². The first-order valence-corrected chi connectivity index (χ1v) is 12.4. The first-order chi connectivity index (χ1) is 14.8. The first-order valence-electron chi connectivity index (χ1n) is 9.79. The van der Waals surface area contributed by atoms with Crippen molar-refractivity contribution in [3.05, 3.63) is 28.8 Å². The lowest BCUT2D eigenvalue weighted by Crippen LogP contribution is -2.43. The molecule has 0 N–H and O–H groups in total. The summed E-state index contributed by atoms with van der Waals surface area (Å²) in [6.07, 6.45) is 0. The molecule has 0 saturated carbocycles. The number of halogens is 1. The fraction of sp³-hybridized carbons (Fsp3) is 0.526. The molecule has 170 valence electrons. The van der Waals surface area contributed by atoms with Crippen LogP contribution in [0.4, 0.5) is 4.39 Å². The lowest BCUT2D eigenvalue weighted by Gasteiger charge is -2.26. The molecule has 12 heteroatoms. The lowest BCUT2D eigenvalue weighted by atomic mass is 10.3. The standard InChI is InChI=1S/C19H24FN3O6S2/c1-2-28-10-7-23-15-4-3-14(20)11-16(15)30-19(23)21-17(24)12-31(26,27)13-18(25)22-5-8-29-9-6-22/h3-4,11H,2,5-10,12-13H2,1H3. The van der Waals surface area contributed by atoms with Crippen molar-refractivity contribution in [2.75, 3.05) is 51.0 Å². The number of aromatic nitrogens is 1. The van der Waals surface area contributed by atoms with Gasteiger partial charge in [0.25, 0.3) is 5.91 Å². The summed E-state index contributed by atoms with van der Waals surface area (Å²) in [4.78, 5) is 30.2. The zero-order valence-corrected chi connectivity index (χ0v) is 18.7. The molecule has 1 aromatic heterocycles. The van der Waals surface area contributed by atoms with Gasteiger partial charge in [0.15, 0.2) is 14.6 Å². The van der Waals surface area contributed by atoms with Gasteiger partial charge in [-0.1, -0.05) is 11.3 Å². The van der Waals surface area contributed by atoms with E-state index in [4.69, 9.17) is 9.47 Å². The number of morpholine rings is 1. The molecule has 0 bridgehead atoms. The number of carbonyl (C=O) groups excluding carboxylic acids is 2. The monoisotopic (exact) mass is 473 g/mol. The van der Waals surface area contributed by atoms with Gasteiger partial charge in [-0.15, -0.1) is 0 Å². The van der Waals surface area contributed by atoms with Gasteiger partial charge < -0.3 is 18.9 Å². The van der Waals surface area contributed by atoms with Gasteiger partial charge in [0.05, 0.1) is 30.0 Å². The fourth-order valence-electron chi connectivity index (χ4n) is 3.12. The lowest BCUT2D eigenvalue weighted by molar-refractivity contribution is -0.132. The molecule has 2 amide bonds. The van der Waals surface area contributed by atoms with Crippen LogP contribution in [-0.2, 0) is 35.4 Å². The average molecular weight is 474 g/mol. The van der Waals surface area contributed by atoms with Gasteiger partial charge in [0, 0.05) is 26.2 Å². The molecule has 2 aromatic rings. The number of sulfone groups is 1. The molecule has 1 fully saturated rings. The number of fused-ring (bicyclic) bond motifs is 1. The van der Waals surface area contributed by atoms with Crippen LogP contribution in [-0.4, -0.2) is 80.7 Å². The third-order valence-corrected chi connectivity index (χ3v) is 6.99. The summed E-state index contributed by atoms with van der Waals surface area (Å²) in [7, 11) is -3.98. The van der Waals surface area contributed by atoms with E-state index < -0.39 is 39.0 Å². The summed E-state index contributed by atoms with van der Waals surface area (Å²) in [6.45, 7) is 4.45. The van der Waals surface area contributed by atoms with E-state index in [0.717, 1.165) is 11.3 Å². The summed E-state index contributed by atoms with van der Waals surface area (Å²) < 4.78 is 51.1. The molecule has 9 nitrogen and oxygen atoms in total. The number of thiazole rings is 1. The van der Waals surface area contributed by atoms with Crippen molar-refractivity contribution >= 4 is 43.2 Å². The second-order valence-corrected chi connectivity index (χ2v) is 9.95. The highest BCUT2D eigenvalue weighted by Crippen LogP contribution is 2.18. The summed E-state index contributed by atoms with van der Waals surface area (Å²) in [5.74, 6) is -3.49. The Hall–Kier alpha value is -2.15. The van der Waals surface area contributed by atoms with Crippen molar-refractivity contribution < 1.29 is 31.9 Å². The van der Waals surface area contributed by atoms with E-state index in [-0.39, 0.29) is 4.80 Å². The predicted octanol–water partition coefficient (Wildman–Crippen LogP) is 0.579. The molecule has 3 rings (SSSR count). The molecule has 31 heavy (non-hydrogen) atoms.